The highest BCUT2D eigenvalue weighted by atomic mass is 16.5. The Labute approximate surface area is 160 Å². The van der Waals surface area contributed by atoms with E-state index >= 15 is 0 Å². The second-order valence-corrected chi connectivity index (χ2v) is 6.26. The predicted octanol–water partition coefficient (Wildman–Crippen LogP) is 2.19. The third-order valence-corrected chi connectivity index (χ3v) is 4.54. The zero-order valence-electron chi connectivity index (χ0n) is 15.2. The Kier molecular flexibility index (Phi) is 4.41. The zero-order valence-corrected chi connectivity index (χ0v) is 15.2. The number of hydrogen-bond donors (Lipinski definition) is 1. The Bertz CT molecular complexity index is 1280. The molecule has 7 heteroatoms. The molecule has 0 bridgehead atoms. The summed E-state index contributed by atoms with van der Waals surface area (Å²) in [5.74, 6) is 0.842. The second kappa shape index (κ2) is 7.03. The minimum atomic E-state index is -0.493. The summed E-state index contributed by atoms with van der Waals surface area (Å²) >= 11 is 0. The Hall–Kier alpha value is -3.87. The van der Waals surface area contributed by atoms with E-state index in [1.807, 2.05) is 36.4 Å². The van der Waals surface area contributed by atoms with E-state index < -0.39 is 11.2 Å². The van der Waals surface area contributed by atoms with Crippen LogP contribution in [0.1, 0.15) is 5.56 Å². The Morgan fingerprint density at radius 2 is 1.68 bits per heavy atom. The molecule has 0 aliphatic rings. The average molecular weight is 374 g/mol. The van der Waals surface area contributed by atoms with Gasteiger partial charge in [0.05, 0.1) is 24.7 Å². The number of nitrogens with two attached hydrogens (primary N) is 1. The summed E-state index contributed by atoms with van der Waals surface area (Å²) in [4.78, 5) is 30.7. The normalized spacial score (nSPS) is 10.9. The van der Waals surface area contributed by atoms with Crippen LogP contribution in [-0.4, -0.2) is 21.2 Å². The Morgan fingerprint density at radius 1 is 0.964 bits per heavy atom. The fourth-order valence-electron chi connectivity index (χ4n) is 3.20. The lowest BCUT2D eigenvalue weighted by Gasteiger charge is -2.15. The van der Waals surface area contributed by atoms with Gasteiger partial charge in [-0.25, -0.2) is 14.3 Å². The zero-order chi connectivity index (χ0) is 19.7. The first-order valence-electron chi connectivity index (χ1n) is 8.69. The van der Waals surface area contributed by atoms with Crippen LogP contribution in [0.2, 0.25) is 0 Å². The quantitative estimate of drug-likeness (QED) is 0.591. The highest BCUT2D eigenvalue weighted by molar-refractivity contribution is 5.77. The lowest BCUT2D eigenvalue weighted by molar-refractivity contribution is 0.407. The number of pyridine rings is 1. The molecule has 0 fully saturated rings. The number of ether oxygens (including phenoxy) is 1. The Balaban J connectivity index is 2.04. The van der Waals surface area contributed by atoms with Gasteiger partial charge < -0.3 is 10.5 Å². The van der Waals surface area contributed by atoms with E-state index in [0.717, 1.165) is 5.56 Å². The van der Waals surface area contributed by atoms with Crippen LogP contribution in [0.25, 0.3) is 16.7 Å². The Morgan fingerprint density at radius 3 is 2.43 bits per heavy atom. The highest BCUT2D eigenvalue weighted by Crippen LogP contribution is 2.18. The van der Waals surface area contributed by atoms with Crippen molar-refractivity contribution >= 4 is 16.9 Å². The molecule has 7 nitrogen and oxygen atoms in total. The lowest BCUT2D eigenvalue weighted by atomic mass is 10.2. The molecule has 2 N–H and O–H groups in total. The number of rotatable bonds is 4. The van der Waals surface area contributed by atoms with Gasteiger partial charge in [0, 0.05) is 5.56 Å². The number of hydrogen-bond acceptors (Lipinski definition) is 5. The molecule has 2 aromatic heterocycles. The molecule has 0 saturated carbocycles. The van der Waals surface area contributed by atoms with Crippen molar-refractivity contribution in [2.75, 3.05) is 12.8 Å². The van der Waals surface area contributed by atoms with Crippen molar-refractivity contribution in [1.29, 1.82) is 0 Å². The van der Waals surface area contributed by atoms with Gasteiger partial charge in [-0.15, -0.1) is 0 Å². The number of benzene rings is 2. The smallest absolute Gasteiger partial charge is 0.337 e. The number of para-hydroxylation sites is 2. The molecule has 0 aliphatic carbocycles. The van der Waals surface area contributed by atoms with Gasteiger partial charge in [-0.05, 0) is 30.3 Å². The maximum atomic E-state index is 13.3. The number of aromatic nitrogens is 3. The fraction of sp³-hybridized carbons (Fsp3) is 0.0952. The largest absolute Gasteiger partial charge is 0.496 e. The average Bonchev–Trinajstić information content (AvgIpc) is 2.72. The van der Waals surface area contributed by atoms with Crippen molar-refractivity contribution in [3.05, 3.63) is 93.1 Å². The summed E-state index contributed by atoms with van der Waals surface area (Å²) in [6.07, 6.45) is 0. The van der Waals surface area contributed by atoms with Crippen LogP contribution < -0.4 is 21.7 Å². The summed E-state index contributed by atoms with van der Waals surface area (Å²) in [7, 11) is 1.55. The molecule has 0 atom stereocenters. The van der Waals surface area contributed by atoms with Gasteiger partial charge in [0.15, 0.2) is 5.65 Å². The van der Waals surface area contributed by atoms with Gasteiger partial charge in [-0.2, -0.15) is 0 Å². The number of nitrogen functional groups attached to an aromatic ring is 1. The van der Waals surface area contributed by atoms with Crippen molar-refractivity contribution in [2.45, 2.75) is 6.54 Å². The molecule has 4 aromatic rings. The van der Waals surface area contributed by atoms with Crippen LogP contribution in [0, 0.1) is 0 Å². The minimum absolute atomic E-state index is 0.0782. The molecular weight excluding hydrogens is 356 g/mol. The molecule has 28 heavy (non-hydrogen) atoms. The van der Waals surface area contributed by atoms with E-state index in [2.05, 4.69) is 4.98 Å². The van der Waals surface area contributed by atoms with E-state index in [9.17, 15) is 9.59 Å². The number of anilines is 1. The summed E-state index contributed by atoms with van der Waals surface area (Å²) < 4.78 is 7.95. The minimum Gasteiger partial charge on any atom is -0.496 e. The molecule has 0 radical (unpaired) electrons. The third kappa shape index (κ3) is 2.92. The lowest BCUT2D eigenvalue weighted by Crippen LogP contribution is -2.40. The van der Waals surface area contributed by atoms with Gasteiger partial charge in [-0.1, -0.05) is 36.4 Å². The van der Waals surface area contributed by atoms with Gasteiger partial charge in [0.2, 0.25) is 0 Å². The summed E-state index contributed by atoms with van der Waals surface area (Å²) in [6, 6.07) is 19.5. The number of methoxy groups -OCH3 is 1. The molecule has 140 valence electrons. The summed E-state index contributed by atoms with van der Waals surface area (Å²) in [6.45, 7) is 0.0782. The molecular formula is C21H18N4O3. The van der Waals surface area contributed by atoms with Crippen LogP contribution in [-0.2, 0) is 6.54 Å². The molecule has 0 aliphatic heterocycles. The third-order valence-electron chi connectivity index (χ3n) is 4.54. The summed E-state index contributed by atoms with van der Waals surface area (Å²) in [5, 5.41) is 0.313. The second-order valence-electron chi connectivity index (χ2n) is 6.26. The molecule has 4 rings (SSSR count). The maximum Gasteiger partial charge on any atom is 0.337 e. The van der Waals surface area contributed by atoms with Gasteiger partial charge >= 0.3 is 5.69 Å². The van der Waals surface area contributed by atoms with Crippen LogP contribution >= 0.6 is 0 Å². The van der Waals surface area contributed by atoms with Gasteiger partial charge in [0.1, 0.15) is 11.6 Å². The van der Waals surface area contributed by atoms with E-state index in [1.54, 1.807) is 37.4 Å². The molecule has 0 spiro atoms. The molecule has 0 amide bonds. The number of nitrogens with zero attached hydrogens (tertiary/aromatic N) is 3. The van der Waals surface area contributed by atoms with E-state index in [0.29, 0.717) is 16.8 Å². The van der Waals surface area contributed by atoms with Gasteiger partial charge in [0.25, 0.3) is 5.56 Å². The van der Waals surface area contributed by atoms with Crippen molar-refractivity contribution < 1.29 is 4.74 Å². The van der Waals surface area contributed by atoms with Crippen molar-refractivity contribution in [3.8, 4) is 11.4 Å². The topological polar surface area (TPSA) is 92.1 Å². The monoisotopic (exact) mass is 374 g/mol. The van der Waals surface area contributed by atoms with Crippen LogP contribution in [0.4, 0.5) is 5.82 Å². The first-order valence-corrected chi connectivity index (χ1v) is 8.69. The maximum absolute atomic E-state index is 13.3. The highest BCUT2D eigenvalue weighted by Gasteiger charge is 2.17. The van der Waals surface area contributed by atoms with Crippen LogP contribution in [0.5, 0.6) is 5.75 Å². The van der Waals surface area contributed by atoms with Crippen molar-refractivity contribution in [1.82, 2.24) is 14.1 Å². The van der Waals surface area contributed by atoms with E-state index in [-0.39, 0.29) is 18.0 Å². The van der Waals surface area contributed by atoms with Crippen LogP contribution in [0.3, 0.4) is 0 Å². The summed E-state index contributed by atoms with van der Waals surface area (Å²) in [5.41, 5.74) is 6.46. The van der Waals surface area contributed by atoms with Crippen LogP contribution in [0.15, 0.2) is 76.3 Å². The standard InChI is InChI=1S/C21H18N4O3/c1-28-17-10-6-5-7-14(17)13-24-20(26)16-11-12-18(22)23-19(16)25(21(24)27)15-8-3-2-4-9-15/h2-12H,13H2,1H3,(H2,22,23). The molecule has 0 saturated heterocycles. The molecule has 0 unspecified atom stereocenters. The predicted molar refractivity (Wildman–Crippen MR) is 108 cm³/mol. The van der Waals surface area contributed by atoms with Crippen molar-refractivity contribution in [3.63, 3.8) is 0 Å². The SMILES string of the molecule is COc1ccccc1Cn1c(=O)c2ccc(N)nc2n(-c2ccccc2)c1=O. The number of fused-ring (bicyclic) bond motifs is 1. The fourth-order valence-corrected chi connectivity index (χ4v) is 3.20. The van der Waals surface area contributed by atoms with E-state index in [1.165, 1.54) is 9.13 Å². The van der Waals surface area contributed by atoms with E-state index in [4.69, 9.17) is 10.5 Å². The van der Waals surface area contributed by atoms with Crippen molar-refractivity contribution in [2.24, 2.45) is 0 Å². The first kappa shape index (κ1) is 17.5. The molecule has 2 heterocycles. The molecule has 2 aromatic carbocycles. The first-order chi connectivity index (χ1) is 13.6. The van der Waals surface area contributed by atoms with Gasteiger partial charge in [-0.3, -0.25) is 9.36 Å².